The molecule has 0 aliphatic carbocycles. The Morgan fingerprint density at radius 3 is 2.54 bits per heavy atom. The first kappa shape index (κ1) is 18.5. The Hall–Kier alpha value is -1.85. The molecule has 2 atom stereocenters. The fraction of sp³-hybridized carbons (Fsp3) is 0.444. The first-order valence-corrected chi connectivity index (χ1v) is 8.19. The predicted molar refractivity (Wildman–Crippen MR) is 97.5 cm³/mol. The molecule has 130 valence electrons. The molecule has 1 aromatic carbocycles. The molecular formula is C18H25ClN4O. The third kappa shape index (κ3) is 3.62. The van der Waals surface area contributed by atoms with Gasteiger partial charge in [0, 0.05) is 31.2 Å². The Morgan fingerprint density at radius 1 is 1.25 bits per heavy atom. The average molecular weight is 349 g/mol. The van der Waals surface area contributed by atoms with Crippen LogP contribution in [0.5, 0.6) is 0 Å². The Morgan fingerprint density at radius 2 is 1.96 bits per heavy atom. The maximum Gasteiger partial charge on any atom is 0.274 e. The molecule has 0 spiro atoms. The van der Waals surface area contributed by atoms with Gasteiger partial charge in [0.05, 0.1) is 0 Å². The fourth-order valence-electron chi connectivity index (χ4n) is 3.26. The van der Waals surface area contributed by atoms with Crippen molar-refractivity contribution >= 4 is 18.3 Å². The van der Waals surface area contributed by atoms with Gasteiger partial charge in [0.1, 0.15) is 5.69 Å². The van der Waals surface area contributed by atoms with Crippen molar-refractivity contribution in [2.45, 2.75) is 25.8 Å². The molecule has 1 amide bonds. The Labute approximate surface area is 149 Å². The molecule has 1 aliphatic heterocycles. The molecule has 2 heterocycles. The van der Waals surface area contributed by atoms with Crippen LogP contribution < -0.4 is 5.73 Å². The number of carbonyl (C=O) groups is 1. The van der Waals surface area contributed by atoms with Crippen molar-refractivity contribution in [3.8, 4) is 0 Å². The van der Waals surface area contributed by atoms with Gasteiger partial charge in [0.2, 0.25) is 0 Å². The lowest BCUT2D eigenvalue weighted by Crippen LogP contribution is -2.30. The van der Waals surface area contributed by atoms with E-state index < -0.39 is 0 Å². The van der Waals surface area contributed by atoms with Gasteiger partial charge in [-0.05, 0) is 37.9 Å². The van der Waals surface area contributed by atoms with Crippen LogP contribution >= 0.6 is 12.4 Å². The van der Waals surface area contributed by atoms with E-state index in [0.717, 1.165) is 0 Å². The number of hydrogen-bond donors (Lipinski definition) is 1. The number of amides is 1. The summed E-state index contributed by atoms with van der Waals surface area (Å²) in [4.78, 5) is 14.6. The lowest BCUT2D eigenvalue weighted by molar-refractivity contribution is 0.0779. The van der Waals surface area contributed by atoms with Gasteiger partial charge >= 0.3 is 0 Å². The molecule has 5 nitrogen and oxygen atoms in total. The molecule has 1 saturated heterocycles. The highest BCUT2D eigenvalue weighted by Crippen LogP contribution is 2.32. The standard InChI is InChI=1S/C18H24N4O.ClH/c1-13(2)22-9-8-17(20-22)18(23)21-11-15(10-19)16(12-21)14-6-4-3-5-7-14;/h3-9,13,15-16H,10-12,19H2,1-2H3;1H/t15-,16+;/m1./s1. The van der Waals surface area contributed by atoms with Crippen molar-refractivity contribution in [3.63, 3.8) is 0 Å². The molecule has 2 N–H and O–H groups in total. The summed E-state index contributed by atoms with van der Waals surface area (Å²) in [6, 6.07) is 12.4. The number of rotatable bonds is 4. The summed E-state index contributed by atoms with van der Waals surface area (Å²) in [5.74, 6) is 0.604. The van der Waals surface area contributed by atoms with Crippen LogP contribution in [-0.2, 0) is 0 Å². The zero-order valence-corrected chi connectivity index (χ0v) is 14.9. The van der Waals surface area contributed by atoms with E-state index in [9.17, 15) is 4.79 Å². The van der Waals surface area contributed by atoms with Crippen LogP contribution in [0.4, 0.5) is 0 Å². The number of hydrogen-bond acceptors (Lipinski definition) is 3. The highest BCUT2D eigenvalue weighted by molar-refractivity contribution is 5.92. The Kier molecular flexibility index (Phi) is 6.02. The third-order valence-corrected chi connectivity index (χ3v) is 4.62. The third-order valence-electron chi connectivity index (χ3n) is 4.62. The molecule has 3 rings (SSSR count). The van der Waals surface area contributed by atoms with Crippen molar-refractivity contribution in [2.24, 2.45) is 11.7 Å². The van der Waals surface area contributed by atoms with Gasteiger partial charge < -0.3 is 10.6 Å². The number of halogens is 1. The average Bonchev–Trinajstić information content (AvgIpc) is 3.22. The number of nitrogens with two attached hydrogens (primary N) is 1. The molecule has 0 saturated carbocycles. The molecule has 1 aliphatic rings. The van der Waals surface area contributed by atoms with Crippen LogP contribution in [0.15, 0.2) is 42.6 Å². The second kappa shape index (κ2) is 7.81. The van der Waals surface area contributed by atoms with E-state index in [1.807, 2.05) is 47.8 Å². The summed E-state index contributed by atoms with van der Waals surface area (Å²) < 4.78 is 1.82. The number of likely N-dealkylation sites (tertiary alicyclic amines) is 1. The van der Waals surface area contributed by atoms with Gasteiger partial charge in [-0.25, -0.2) is 0 Å². The fourth-order valence-corrected chi connectivity index (χ4v) is 3.26. The zero-order chi connectivity index (χ0) is 16.4. The van der Waals surface area contributed by atoms with E-state index >= 15 is 0 Å². The highest BCUT2D eigenvalue weighted by atomic mass is 35.5. The Bertz CT molecular complexity index is 671. The summed E-state index contributed by atoms with van der Waals surface area (Å²) in [5, 5.41) is 4.40. The Balaban J connectivity index is 0.00000208. The number of nitrogens with zero attached hydrogens (tertiary/aromatic N) is 3. The molecule has 6 heteroatoms. The second-order valence-electron chi connectivity index (χ2n) is 6.50. The molecular weight excluding hydrogens is 324 g/mol. The van der Waals surface area contributed by atoms with Crippen LogP contribution in [0.25, 0.3) is 0 Å². The first-order chi connectivity index (χ1) is 11.1. The van der Waals surface area contributed by atoms with Crippen molar-refractivity contribution in [2.75, 3.05) is 19.6 Å². The zero-order valence-electron chi connectivity index (χ0n) is 14.1. The van der Waals surface area contributed by atoms with Gasteiger partial charge in [0.15, 0.2) is 0 Å². The number of aromatic nitrogens is 2. The van der Waals surface area contributed by atoms with Crippen LogP contribution in [0.2, 0.25) is 0 Å². The van der Waals surface area contributed by atoms with E-state index in [4.69, 9.17) is 5.73 Å². The van der Waals surface area contributed by atoms with Crippen molar-refractivity contribution in [3.05, 3.63) is 53.9 Å². The van der Waals surface area contributed by atoms with Gasteiger partial charge in [-0.3, -0.25) is 9.48 Å². The summed E-state index contributed by atoms with van der Waals surface area (Å²) in [6.45, 7) is 6.09. The number of carbonyl (C=O) groups excluding carboxylic acids is 1. The maximum absolute atomic E-state index is 12.7. The van der Waals surface area contributed by atoms with Gasteiger partial charge in [-0.15, -0.1) is 12.4 Å². The summed E-state index contributed by atoms with van der Waals surface area (Å²) in [5.41, 5.74) is 7.72. The minimum atomic E-state index is 0. The summed E-state index contributed by atoms with van der Waals surface area (Å²) in [6.07, 6.45) is 1.86. The minimum Gasteiger partial charge on any atom is -0.336 e. The van der Waals surface area contributed by atoms with Gasteiger partial charge in [0.25, 0.3) is 5.91 Å². The van der Waals surface area contributed by atoms with E-state index in [-0.39, 0.29) is 24.4 Å². The molecule has 1 fully saturated rings. The SMILES string of the molecule is CC(C)n1ccc(C(=O)N2C[C@@H](CN)[C@H](c3ccccc3)C2)n1.Cl. The minimum absolute atomic E-state index is 0. The molecule has 0 unspecified atom stereocenters. The predicted octanol–water partition coefficient (Wildman–Crippen LogP) is 2.70. The van der Waals surface area contributed by atoms with E-state index in [1.165, 1.54) is 5.56 Å². The van der Waals surface area contributed by atoms with Crippen LogP contribution in [-0.4, -0.2) is 40.2 Å². The van der Waals surface area contributed by atoms with Gasteiger partial charge in [-0.1, -0.05) is 30.3 Å². The highest BCUT2D eigenvalue weighted by Gasteiger charge is 2.36. The summed E-state index contributed by atoms with van der Waals surface area (Å²) >= 11 is 0. The monoisotopic (exact) mass is 348 g/mol. The molecule has 0 radical (unpaired) electrons. The summed E-state index contributed by atoms with van der Waals surface area (Å²) in [7, 11) is 0. The topological polar surface area (TPSA) is 64.2 Å². The number of benzene rings is 1. The molecule has 2 aromatic rings. The normalized spacial score (nSPS) is 20.2. The first-order valence-electron chi connectivity index (χ1n) is 8.19. The largest absolute Gasteiger partial charge is 0.336 e. The molecule has 24 heavy (non-hydrogen) atoms. The van der Waals surface area contributed by atoms with Crippen molar-refractivity contribution < 1.29 is 4.79 Å². The van der Waals surface area contributed by atoms with Crippen LogP contribution in [0, 0.1) is 5.92 Å². The molecule has 0 bridgehead atoms. The van der Waals surface area contributed by atoms with Gasteiger partial charge in [-0.2, -0.15) is 5.10 Å². The van der Waals surface area contributed by atoms with Crippen molar-refractivity contribution in [1.29, 1.82) is 0 Å². The second-order valence-corrected chi connectivity index (χ2v) is 6.50. The molecule has 1 aromatic heterocycles. The maximum atomic E-state index is 12.7. The van der Waals surface area contributed by atoms with E-state index in [2.05, 4.69) is 17.2 Å². The van der Waals surface area contributed by atoms with E-state index in [1.54, 1.807) is 6.07 Å². The quantitative estimate of drug-likeness (QED) is 0.923. The smallest absolute Gasteiger partial charge is 0.274 e. The van der Waals surface area contributed by atoms with Crippen LogP contribution in [0.3, 0.4) is 0 Å². The van der Waals surface area contributed by atoms with Crippen molar-refractivity contribution in [1.82, 2.24) is 14.7 Å². The van der Waals surface area contributed by atoms with Crippen LogP contribution in [0.1, 0.15) is 41.9 Å². The lowest BCUT2D eigenvalue weighted by atomic mass is 9.89. The van der Waals surface area contributed by atoms with E-state index in [0.29, 0.717) is 37.2 Å². The lowest BCUT2D eigenvalue weighted by Gasteiger charge is -2.16.